The number of nitrogens with zero attached hydrogens (tertiary/aromatic N) is 8. The first-order chi connectivity index (χ1) is 22.0. The van der Waals surface area contributed by atoms with E-state index in [1.807, 2.05) is 48.5 Å². The predicted octanol–water partition coefficient (Wildman–Crippen LogP) is 1.52. The third-order valence-electron chi connectivity index (χ3n) is 8.25. The molecule has 14 nitrogen and oxygen atoms in total. The lowest BCUT2D eigenvalue weighted by Gasteiger charge is -2.45. The van der Waals surface area contributed by atoms with Crippen LogP contribution in [0, 0.1) is 0 Å². The van der Waals surface area contributed by atoms with E-state index in [-0.39, 0.29) is 13.2 Å². The summed E-state index contributed by atoms with van der Waals surface area (Å²) in [4.78, 5) is 8.68. The summed E-state index contributed by atoms with van der Waals surface area (Å²) in [5.41, 5.74) is 3.76. The predicted molar refractivity (Wildman–Crippen MR) is 163 cm³/mol. The number of aromatic nitrogens is 8. The van der Waals surface area contributed by atoms with Gasteiger partial charge >= 0.3 is 0 Å². The first kappa shape index (κ1) is 29.9. The molecule has 8 unspecified atom stereocenters. The van der Waals surface area contributed by atoms with E-state index in [0.717, 1.165) is 22.2 Å². The Balaban J connectivity index is 1.11. The Hall–Kier alpha value is -3.83. The van der Waals surface area contributed by atoms with Gasteiger partial charge in [0.25, 0.3) is 0 Å². The molecule has 5 aromatic rings. The van der Waals surface area contributed by atoms with Gasteiger partial charge < -0.3 is 29.5 Å². The Bertz CT molecular complexity index is 1740. The van der Waals surface area contributed by atoms with E-state index in [4.69, 9.17) is 14.2 Å². The number of ether oxygens (including phenoxy) is 3. The van der Waals surface area contributed by atoms with Crippen LogP contribution in [-0.4, -0.2) is 117 Å². The molecular formula is C30H32N8O6S. The third-order valence-corrected chi connectivity index (χ3v) is 9.66. The van der Waals surface area contributed by atoms with Crippen LogP contribution in [0.1, 0.15) is 12.1 Å². The maximum Gasteiger partial charge on any atom is 0.132 e. The fraction of sp³-hybridized carbons (Fsp3) is 0.400. The lowest BCUT2D eigenvalue weighted by molar-refractivity contribution is -0.186. The van der Waals surface area contributed by atoms with Crippen molar-refractivity contribution in [3.05, 3.63) is 73.3 Å². The maximum absolute atomic E-state index is 11.5. The molecule has 45 heavy (non-hydrogen) atoms. The number of hydrogen-bond donors (Lipinski definition) is 3. The molecule has 5 heterocycles. The van der Waals surface area contributed by atoms with Crippen LogP contribution in [0.3, 0.4) is 0 Å². The van der Waals surface area contributed by atoms with Crippen LogP contribution in [-0.2, 0) is 14.2 Å². The smallest absolute Gasteiger partial charge is 0.132 e. The second-order valence-corrected chi connectivity index (χ2v) is 12.3. The topological polar surface area (TPSA) is 176 Å². The van der Waals surface area contributed by atoms with Crippen LogP contribution in [0.4, 0.5) is 0 Å². The van der Waals surface area contributed by atoms with Gasteiger partial charge in [0.1, 0.15) is 47.2 Å². The van der Waals surface area contributed by atoms with E-state index < -0.39 is 53.8 Å². The van der Waals surface area contributed by atoms with Crippen LogP contribution in [0.5, 0.6) is 0 Å². The summed E-state index contributed by atoms with van der Waals surface area (Å²) < 4.78 is 21.2. The van der Waals surface area contributed by atoms with E-state index in [2.05, 4.69) is 30.6 Å². The van der Waals surface area contributed by atoms with Crippen molar-refractivity contribution in [1.82, 2.24) is 40.0 Å². The van der Waals surface area contributed by atoms with Crippen molar-refractivity contribution in [2.45, 2.75) is 47.2 Å². The van der Waals surface area contributed by atoms with Crippen molar-refractivity contribution in [2.24, 2.45) is 0 Å². The minimum Gasteiger partial charge on any atom is -0.394 e. The summed E-state index contributed by atoms with van der Waals surface area (Å²) in [5, 5.41) is 49.8. The second-order valence-electron chi connectivity index (χ2n) is 11.0. The molecule has 0 saturated carbocycles. The number of aliphatic hydroxyl groups excluding tert-OH is 3. The molecule has 0 aliphatic carbocycles. The molecule has 2 aromatic carbocycles. The zero-order chi connectivity index (χ0) is 30.9. The fourth-order valence-corrected chi connectivity index (χ4v) is 7.35. The number of fused-ring (bicyclic) bond motifs is 1. The molecule has 15 heteroatoms. The highest BCUT2D eigenvalue weighted by Gasteiger charge is 2.49. The third kappa shape index (κ3) is 5.83. The molecule has 0 spiro atoms. The minimum absolute atomic E-state index is 0.258. The normalized spacial score (nSPS) is 28.8. The summed E-state index contributed by atoms with van der Waals surface area (Å²) in [6, 6.07) is 14.1. The average Bonchev–Trinajstić information content (AvgIpc) is 3.77. The number of thioether (sulfide) groups is 1. The highest BCUT2D eigenvalue weighted by atomic mass is 32.2. The van der Waals surface area contributed by atoms with E-state index in [1.165, 1.54) is 18.9 Å². The number of hydrogen-bond acceptors (Lipinski definition) is 13. The van der Waals surface area contributed by atoms with Crippen LogP contribution < -0.4 is 0 Å². The molecular weight excluding hydrogens is 600 g/mol. The largest absolute Gasteiger partial charge is 0.394 e. The van der Waals surface area contributed by atoms with Gasteiger partial charge in [-0.15, -0.1) is 22.0 Å². The number of methoxy groups -OCH3 is 1. The molecule has 7 rings (SSSR count). The molecule has 0 bridgehead atoms. The lowest BCUT2D eigenvalue weighted by Crippen LogP contribution is -2.56. The molecule has 8 atom stereocenters. The summed E-state index contributed by atoms with van der Waals surface area (Å²) in [6.07, 6.45) is 3.13. The van der Waals surface area contributed by atoms with Crippen LogP contribution in [0.15, 0.2) is 73.3 Å². The van der Waals surface area contributed by atoms with Gasteiger partial charge in [0.15, 0.2) is 0 Å². The molecule has 2 aliphatic rings. The first-order valence-corrected chi connectivity index (χ1v) is 15.5. The quantitative estimate of drug-likeness (QED) is 0.225. The summed E-state index contributed by atoms with van der Waals surface area (Å²) >= 11 is 1.33. The molecule has 0 amide bonds. The second kappa shape index (κ2) is 12.9. The standard InChI is InChI=1S/C30H32N8O6S/c1-42-29-26(38-13-22(34-36-38)18-7-8-19-20(11-18)32-10-9-31-19)28(41)24(14-39)44-30(29)45-25-16-43-15-23(27(25)40)37-12-21(33-35-37)17-5-3-2-4-6-17/h2-13,23-30,39-41H,14-16H2,1H3. The molecule has 3 N–H and O–H groups in total. The van der Waals surface area contributed by atoms with Crippen molar-refractivity contribution < 1.29 is 29.5 Å². The van der Waals surface area contributed by atoms with Gasteiger partial charge in [0, 0.05) is 30.6 Å². The molecule has 0 radical (unpaired) electrons. The molecule has 234 valence electrons. The van der Waals surface area contributed by atoms with Crippen molar-refractivity contribution in [1.29, 1.82) is 0 Å². The van der Waals surface area contributed by atoms with Crippen molar-refractivity contribution in [3.8, 4) is 22.5 Å². The highest BCUT2D eigenvalue weighted by Crippen LogP contribution is 2.41. The van der Waals surface area contributed by atoms with E-state index in [9.17, 15) is 15.3 Å². The zero-order valence-corrected chi connectivity index (χ0v) is 25.0. The first-order valence-electron chi connectivity index (χ1n) is 14.5. The Morgan fingerprint density at radius 1 is 0.889 bits per heavy atom. The summed E-state index contributed by atoms with van der Waals surface area (Å²) in [7, 11) is 1.53. The SMILES string of the molecule is COC1C(SC2COCC(n3cc(-c4ccccc4)nn3)C2O)OC(CO)C(O)C1n1cc(-c2ccc3nccnc3c2)nn1. The lowest BCUT2D eigenvalue weighted by atomic mass is 9.97. The summed E-state index contributed by atoms with van der Waals surface area (Å²) in [6.45, 7) is 0.0928. The highest BCUT2D eigenvalue weighted by molar-refractivity contribution is 8.00. The minimum atomic E-state index is -1.15. The number of benzene rings is 2. The van der Waals surface area contributed by atoms with Crippen molar-refractivity contribution in [3.63, 3.8) is 0 Å². The molecule has 3 aromatic heterocycles. The van der Waals surface area contributed by atoms with Gasteiger partial charge in [-0.1, -0.05) is 46.8 Å². The Labute approximate surface area is 262 Å². The molecule has 2 saturated heterocycles. The van der Waals surface area contributed by atoms with Gasteiger partial charge in [-0.05, 0) is 12.1 Å². The Morgan fingerprint density at radius 3 is 2.40 bits per heavy atom. The monoisotopic (exact) mass is 632 g/mol. The van der Waals surface area contributed by atoms with E-state index in [0.29, 0.717) is 11.4 Å². The Morgan fingerprint density at radius 2 is 1.62 bits per heavy atom. The van der Waals surface area contributed by atoms with Crippen molar-refractivity contribution in [2.75, 3.05) is 26.9 Å². The average molecular weight is 633 g/mol. The summed E-state index contributed by atoms with van der Waals surface area (Å²) in [5.74, 6) is 0. The van der Waals surface area contributed by atoms with Gasteiger partial charge in [0.05, 0.1) is 54.6 Å². The van der Waals surface area contributed by atoms with Crippen LogP contribution in [0.2, 0.25) is 0 Å². The maximum atomic E-state index is 11.5. The van der Waals surface area contributed by atoms with Gasteiger partial charge in [-0.3, -0.25) is 9.97 Å². The molecule has 2 fully saturated rings. The number of aliphatic hydroxyl groups is 3. The van der Waals surface area contributed by atoms with E-state index in [1.54, 1.807) is 34.2 Å². The van der Waals surface area contributed by atoms with E-state index >= 15 is 0 Å². The number of rotatable bonds is 8. The zero-order valence-electron chi connectivity index (χ0n) is 24.2. The van der Waals surface area contributed by atoms with Crippen molar-refractivity contribution >= 4 is 22.8 Å². The Kier molecular flexibility index (Phi) is 8.55. The fourth-order valence-electron chi connectivity index (χ4n) is 5.86. The van der Waals surface area contributed by atoms with Crippen LogP contribution in [0.25, 0.3) is 33.5 Å². The molecule has 2 aliphatic heterocycles. The van der Waals surface area contributed by atoms with Crippen LogP contribution >= 0.6 is 11.8 Å². The van der Waals surface area contributed by atoms with Gasteiger partial charge in [0.2, 0.25) is 0 Å². The van der Waals surface area contributed by atoms with Gasteiger partial charge in [-0.2, -0.15) is 0 Å². The van der Waals surface area contributed by atoms with Gasteiger partial charge in [-0.25, -0.2) is 9.36 Å².